The summed E-state index contributed by atoms with van der Waals surface area (Å²) in [4.78, 5) is 6.82. The molecule has 3 aromatic carbocycles. The molecule has 4 aromatic rings. The Morgan fingerprint density at radius 1 is 0.833 bits per heavy atom. The zero-order valence-electron chi connectivity index (χ0n) is 20.3. The summed E-state index contributed by atoms with van der Waals surface area (Å²) in [7, 11) is 6.22. The Balaban J connectivity index is 1.64. The number of aromatic nitrogens is 1. The molecule has 0 atom stereocenters. The van der Waals surface area contributed by atoms with Gasteiger partial charge in [0.2, 0.25) is 0 Å². The minimum absolute atomic E-state index is 0.164. The van der Waals surface area contributed by atoms with E-state index in [2.05, 4.69) is 5.16 Å². The van der Waals surface area contributed by atoms with Crippen LogP contribution in [0.1, 0.15) is 15.7 Å². The quantitative estimate of drug-likeness (QED) is 0.132. The fourth-order valence-corrected chi connectivity index (χ4v) is 5.39. The molecule has 0 amide bonds. The van der Waals surface area contributed by atoms with Gasteiger partial charge in [0.05, 0.1) is 0 Å². The Morgan fingerprint density at radius 2 is 1.53 bits per heavy atom. The second-order valence-electron chi connectivity index (χ2n) is 7.54. The van der Waals surface area contributed by atoms with E-state index < -0.39 is 0 Å². The van der Waals surface area contributed by atoms with E-state index in [4.69, 9.17) is 28.7 Å². The summed E-state index contributed by atoms with van der Waals surface area (Å²) in [5.41, 5.74) is 3.64. The van der Waals surface area contributed by atoms with Crippen LogP contribution < -0.4 is 23.7 Å². The van der Waals surface area contributed by atoms with Gasteiger partial charge in [-0.2, -0.15) is 0 Å². The third-order valence-electron chi connectivity index (χ3n) is 5.44. The molecule has 1 aromatic heterocycles. The molecule has 186 valence electrons. The normalized spacial score (nSPS) is 11.2. The predicted molar refractivity (Wildman–Crippen MR) is 137 cm³/mol. The minimum atomic E-state index is -0.164. The van der Waals surface area contributed by atoms with Crippen LogP contribution in [0.5, 0.6) is 28.7 Å². The first-order valence-corrected chi connectivity index (χ1v) is 12.8. The van der Waals surface area contributed by atoms with Crippen LogP contribution in [0.2, 0.25) is 0 Å². The van der Waals surface area contributed by atoms with Gasteiger partial charge in [-0.15, -0.1) is 0 Å². The topological polar surface area (TPSA) is 91.6 Å². The zero-order chi connectivity index (χ0) is 25.5. The van der Waals surface area contributed by atoms with E-state index >= 15 is 0 Å². The maximum absolute atomic E-state index is 9.89. The average molecular weight is 553 g/mol. The molecular weight excluding hydrogens is 527 g/mol. The molecule has 0 unspecified atom stereocenters. The molecular formula is C27H26N2O6Se. The maximum atomic E-state index is 9.89. The molecule has 8 nitrogen and oxygen atoms in total. The van der Waals surface area contributed by atoms with E-state index in [1.807, 2.05) is 53.5 Å². The summed E-state index contributed by atoms with van der Waals surface area (Å²) in [5.74, 6) is 2.64. The van der Waals surface area contributed by atoms with Crippen molar-refractivity contribution in [1.29, 1.82) is 0 Å². The number of rotatable bonds is 10. The van der Waals surface area contributed by atoms with Crippen LogP contribution in [0.3, 0.4) is 0 Å². The monoisotopic (exact) mass is 554 g/mol. The molecule has 4 rings (SSSR count). The summed E-state index contributed by atoms with van der Waals surface area (Å²) in [6.45, 7) is 0.417. The second-order valence-corrected chi connectivity index (χ2v) is 9.34. The van der Waals surface area contributed by atoms with Crippen molar-refractivity contribution in [3.63, 3.8) is 0 Å². The van der Waals surface area contributed by atoms with Crippen LogP contribution in [-0.2, 0) is 6.61 Å². The molecule has 0 bridgehead atoms. The summed E-state index contributed by atoms with van der Waals surface area (Å²) < 4.78 is 28.5. The number of oxime groups is 1. The van der Waals surface area contributed by atoms with Crippen LogP contribution in [0.15, 0.2) is 70.8 Å². The zero-order valence-corrected chi connectivity index (χ0v) is 22.1. The van der Waals surface area contributed by atoms with Gasteiger partial charge in [0, 0.05) is 0 Å². The molecule has 1 N–H and O–H groups in total. The third kappa shape index (κ3) is 5.32. The summed E-state index contributed by atoms with van der Waals surface area (Å²) >= 11 is -0.164. The van der Waals surface area contributed by atoms with Gasteiger partial charge >= 0.3 is 216 Å². The third-order valence-corrected chi connectivity index (χ3v) is 7.22. The van der Waals surface area contributed by atoms with Gasteiger partial charge in [-0.05, 0) is 0 Å². The van der Waals surface area contributed by atoms with Crippen molar-refractivity contribution >= 4 is 20.2 Å². The van der Waals surface area contributed by atoms with Gasteiger partial charge in [-0.3, -0.25) is 0 Å². The van der Waals surface area contributed by atoms with Crippen LogP contribution in [0, 0.1) is 0 Å². The molecule has 0 radical (unpaired) electrons. The van der Waals surface area contributed by atoms with Crippen molar-refractivity contribution < 1.29 is 28.9 Å². The fourth-order valence-electron chi connectivity index (χ4n) is 3.64. The van der Waals surface area contributed by atoms with E-state index in [-0.39, 0.29) is 14.5 Å². The second kappa shape index (κ2) is 11.7. The van der Waals surface area contributed by atoms with Crippen LogP contribution in [-0.4, -0.2) is 58.8 Å². The molecule has 0 aliphatic carbocycles. The Hall–Kier alpha value is -3.94. The molecule has 0 aliphatic rings. The van der Waals surface area contributed by atoms with E-state index in [1.54, 1.807) is 19.2 Å². The number of benzene rings is 3. The first kappa shape index (κ1) is 25.2. The number of nitrogens with zero attached hydrogens (tertiary/aromatic N) is 2. The van der Waals surface area contributed by atoms with Gasteiger partial charge in [-0.25, -0.2) is 0 Å². The van der Waals surface area contributed by atoms with Crippen molar-refractivity contribution in [2.24, 2.45) is 5.16 Å². The van der Waals surface area contributed by atoms with Crippen molar-refractivity contribution in [1.82, 2.24) is 4.98 Å². The van der Waals surface area contributed by atoms with Gasteiger partial charge in [-0.1, -0.05) is 0 Å². The number of methoxy groups -OCH3 is 4. The SMILES string of the molecule is COc1ccc(-c2c[se]c(C(=NO)c3cc(OC)c(OC)c(OC)c3)n2)cc1OCc1ccccc1. The van der Waals surface area contributed by atoms with E-state index in [1.165, 1.54) is 21.3 Å². The number of ether oxygens (including phenoxy) is 5. The van der Waals surface area contributed by atoms with Crippen LogP contribution >= 0.6 is 0 Å². The molecule has 1 heterocycles. The Kier molecular flexibility index (Phi) is 8.15. The molecule has 0 spiro atoms. The first-order chi connectivity index (χ1) is 17.6. The molecule has 9 heteroatoms. The van der Waals surface area contributed by atoms with Gasteiger partial charge in [0.25, 0.3) is 0 Å². The number of hydrogen-bond donors (Lipinski definition) is 1. The van der Waals surface area contributed by atoms with Crippen molar-refractivity contribution in [2.75, 3.05) is 28.4 Å². The first-order valence-electron chi connectivity index (χ1n) is 10.9. The average Bonchev–Trinajstić information content (AvgIpc) is 3.42. The number of hydrogen-bond acceptors (Lipinski definition) is 8. The summed E-state index contributed by atoms with van der Waals surface area (Å²) in [6.07, 6.45) is 0. The molecule has 36 heavy (non-hydrogen) atoms. The van der Waals surface area contributed by atoms with Crippen LogP contribution in [0.25, 0.3) is 11.3 Å². The Labute approximate surface area is 215 Å². The summed E-state index contributed by atoms with van der Waals surface area (Å²) in [5, 5.41) is 13.4. The molecule has 0 fully saturated rings. The van der Waals surface area contributed by atoms with Crippen molar-refractivity contribution in [3.8, 4) is 40.0 Å². The molecule has 0 aliphatic heterocycles. The fraction of sp³-hybridized carbons (Fsp3) is 0.185. The van der Waals surface area contributed by atoms with Gasteiger partial charge < -0.3 is 0 Å². The van der Waals surface area contributed by atoms with Gasteiger partial charge in [0.15, 0.2) is 0 Å². The van der Waals surface area contributed by atoms with E-state index in [0.29, 0.717) is 51.2 Å². The van der Waals surface area contributed by atoms with Crippen LogP contribution in [0.4, 0.5) is 0 Å². The molecule has 0 saturated carbocycles. The summed E-state index contributed by atoms with van der Waals surface area (Å²) in [6, 6.07) is 19.1. The van der Waals surface area contributed by atoms with E-state index in [9.17, 15) is 5.21 Å². The van der Waals surface area contributed by atoms with Gasteiger partial charge in [0.1, 0.15) is 0 Å². The van der Waals surface area contributed by atoms with E-state index in [0.717, 1.165) is 16.8 Å². The molecule has 0 saturated heterocycles. The standard InChI is InChI=1S/C27H26N2O6Se/c1-31-21-11-10-18(12-22(21)35-15-17-8-6-5-7-9-17)20-16-36-27(28-20)25(29-30)19-13-23(32-2)26(34-4)24(14-19)33-3/h5-14,16,30H,15H2,1-4H3. The Bertz CT molecular complexity index is 1330. The predicted octanol–water partition coefficient (Wildman–Crippen LogP) is 4.65. The van der Waals surface area contributed by atoms with Crippen molar-refractivity contribution in [2.45, 2.75) is 6.61 Å². The Morgan fingerprint density at radius 3 is 2.14 bits per heavy atom. The van der Waals surface area contributed by atoms with Crippen molar-refractivity contribution in [3.05, 3.63) is 81.3 Å².